The summed E-state index contributed by atoms with van der Waals surface area (Å²) in [6.45, 7) is 4.06. The van der Waals surface area contributed by atoms with E-state index in [1.807, 2.05) is 43.3 Å². The molecule has 1 atom stereocenters. The van der Waals surface area contributed by atoms with Gasteiger partial charge in [-0.3, -0.25) is 0 Å². The van der Waals surface area contributed by atoms with Crippen LogP contribution in [0.4, 0.5) is 8.78 Å². The molecule has 0 N–H and O–H groups in total. The zero-order valence-electron chi connectivity index (χ0n) is 18.5. The number of benzene rings is 3. The van der Waals surface area contributed by atoms with Gasteiger partial charge < -0.3 is 9.47 Å². The Labute approximate surface area is 183 Å². The molecule has 0 saturated carbocycles. The summed E-state index contributed by atoms with van der Waals surface area (Å²) >= 11 is 0. The number of hydrogen-bond donors (Lipinski definition) is 0. The Bertz CT molecular complexity index is 966. The molecule has 0 aliphatic rings. The SMILES string of the molecule is CCCCCC[C@@H](C)Oc1ccc(-c2ccc(-c3ccc(OC)cc3)cc2)c(F)c1F. The Balaban J connectivity index is 1.72. The first-order valence-electron chi connectivity index (χ1n) is 10.9. The average Bonchev–Trinajstić information content (AvgIpc) is 2.80. The molecule has 0 saturated heterocycles. The third-order valence-corrected chi connectivity index (χ3v) is 5.46. The van der Waals surface area contributed by atoms with Crippen LogP contribution in [0.25, 0.3) is 22.3 Å². The lowest BCUT2D eigenvalue weighted by Crippen LogP contribution is -2.13. The molecule has 0 aliphatic carbocycles. The van der Waals surface area contributed by atoms with Crippen molar-refractivity contribution in [3.05, 3.63) is 72.3 Å². The second-order valence-corrected chi connectivity index (χ2v) is 7.82. The number of rotatable bonds is 10. The maximum atomic E-state index is 14.8. The molecule has 0 bridgehead atoms. The van der Waals surface area contributed by atoms with Crippen molar-refractivity contribution in [2.75, 3.05) is 7.11 Å². The van der Waals surface area contributed by atoms with Crippen LogP contribution in [0.1, 0.15) is 46.0 Å². The molecule has 0 unspecified atom stereocenters. The largest absolute Gasteiger partial charge is 0.497 e. The predicted molar refractivity (Wildman–Crippen MR) is 123 cm³/mol. The molecule has 31 heavy (non-hydrogen) atoms. The molecule has 3 rings (SSSR count). The Morgan fingerprint density at radius 1 is 0.742 bits per heavy atom. The fraction of sp³-hybridized carbons (Fsp3) is 0.333. The van der Waals surface area contributed by atoms with Gasteiger partial charge in [0, 0.05) is 5.56 Å². The van der Waals surface area contributed by atoms with Crippen molar-refractivity contribution in [2.24, 2.45) is 0 Å². The maximum Gasteiger partial charge on any atom is 0.201 e. The minimum Gasteiger partial charge on any atom is -0.497 e. The Morgan fingerprint density at radius 3 is 1.97 bits per heavy atom. The number of ether oxygens (including phenoxy) is 2. The minimum atomic E-state index is -0.933. The van der Waals surface area contributed by atoms with Crippen LogP contribution in [-0.2, 0) is 0 Å². The Morgan fingerprint density at radius 2 is 1.35 bits per heavy atom. The average molecular weight is 425 g/mol. The summed E-state index contributed by atoms with van der Waals surface area (Å²) in [6.07, 6.45) is 5.18. The Hall–Kier alpha value is -2.88. The number of halogens is 2. The molecule has 3 aromatic rings. The summed E-state index contributed by atoms with van der Waals surface area (Å²) in [5, 5.41) is 0. The third kappa shape index (κ3) is 5.84. The van der Waals surface area contributed by atoms with E-state index < -0.39 is 11.6 Å². The van der Waals surface area contributed by atoms with Gasteiger partial charge in [-0.05, 0) is 60.7 Å². The standard InChI is InChI=1S/C27H30F2O2/c1-4-5-6-7-8-19(2)31-25-18-17-24(26(28)27(25)29)22-11-9-20(10-12-22)21-13-15-23(30-3)16-14-21/h9-19H,4-8H2,1-3H3/t19-/m1/s1. The van der Waals surface area contributed by atoms with Crippen LogP contribution < -0.4 is 9.47 Å². The summed E-state index contributed by atoms with van der Waals surface area (Å²) in [5.74, 6) is -1.06. The second-order valence-electron chi connectivity index (χ2n) is 7.82. The second kappa shape index (κ2) is 10.9. The van der Waals surface area contributed by atoms with Crippen LogP contribution in [0.5, 0.6) is 11.5 Å². The highest BCUT2D eigenvalue weighted by molar-refractivity contribution is 5.71. The molecule has 0 radical (unpaired) electrons. The number of methoxy groups -OCH3 is 1. The normalized spacial score (nSPS) is 11.9. The van der Waals surface area contributed by atoms with E-state index in [0.29, 0.717) is 5.56 Å². The van der Waals surface area contributed by atoms with Gasteiger partial charge in [-0.2, -0.15) is 4.39 Å². The van der Waals surface area contributed by atoms with E-state index in [1.165, 1.54) is 12.5 Å². The van der Waals surface area contributed by atoms with E-state index in [2.05, 4.69) is 6.92 Å². The van der Waals surface area contributed by atoms with Gasteiger partial charge in [0.2, 0.25) is 5.82 Å². The van der Waals surface area contributed by atoms with Crippen LogP contribution in [0.3, 0.4) is 0 Å². The van der Waals surface area contributed by atoms with Crippen molar-refractivity contribution in [3.63, 3.8) is 0 Å². The minimum absolute atomic E-state index is 0.0286. The van der Waals surface area contributed by atoms with E-state index in [4.69, 9.17) is 9.47 Å². The summed E-state index contributed by atoms with van der Waals surface area (Å²) < 4.78 is 40.3. The van der Waals surface area contributed by atoms with Crippen LogP contribution in [0.15, 0.2) is 60.7 Å². The summed E-state index contributed by atoms with van der Waals surface area (Å²) in [7, 11) is 1.63. The number of unbranched alkanes of at least 4 members (excludes halogenated alkanes) is 3. The molecule has 0 fully saturated rings. The molecule has 0 aromatic heterocycles. The zero-order chi connectivity index (χ0) is 22.2. The number of hydrogen-bond acceptors (Lipinski definition) is 2. The van der Waals surface area contributed by atoms with Gasteiger partial charge in [0.1, 0.15) is 5.75 Å². The molecule has 0 heterocycles. The van der Waals surface area contributed by atoms with Gasteiger partial charge in [-0.25, -0.2) is 4.39 Å². The Kier molecular flexibility index (Phi) is 8.05. The van der Waals surface area contributed by atoms with Gasteiger partial charge in [0.05, 0.1) is 13.2 Å². The van der Waals surface area contributed by atoms with E-state index in [-0.39, 0.29) is 17.4 Å². The first-order chi connectivity index (χ1) is 15.0. The van der Waals surface area contributed by atoms with Crippen molar-refractivity contribution in [1.82, 2.24) is 0 Å². The van der Waals surface area contributed by atoms with Gasteiger partial charge in [0.25, 0.3) is 0 Å². The highest BCUT2D eigenvalue weighted by Gasteiger charge is 2.17. The first-order valence-corrected chi connectivity index (χ1v) is 10.9. The quantitative estimate of drug-likeness (QED) is 0.307. The lowest BCUT2D eigenvalue weighted by molar-refractivity contribution is 0.195. The molecular formula is C27H30F2O2. The van der Waals surface area contributed by atoms with Gasteiger partial charge >= 0.3 is 0 Å². The summed E-state index contributed by atoms with van der Waals surface area (Å²) in [6, 6.07) is 18.2. The molecule has 0 aliphatic heterocycles. The molecular weight excluding hydrogens is 394 g/mol. The summed E-state index contributed by atoms with van der Waals surface area (Å²) in [4.78, 5) is 0. The molecule has 0 spiro atoms. The van der Waals surface area contributed by atoms with Crippen LogP contribution in [0, 0.1) is 11.6 Å². The lowest BCUT2D eigenvalue weighted by Gasteiger charge is -2.16. The molecule has 4 heteroatoms. The molecule has 2 nitrogen and oxygen atoms in total. The fourth-order valence-corrected chi connectivity index (χ4v) is 3.61. The van der Waals surface area contributed by atoms with Crippen LogP contribution >= 0.6 is 0 Å². The van der Waals surface area contributed by atoms with Crippen molar-refractivity contribution in [3.8, 4) is 33.8 Å². The van der Waals surface area contributed by atoms with Crippen molar-refractivity contribution < 1.29 is 18.3 Å². The highest BCUT2D eigenvalue weighted by atomic mass is 19.2. The predicted octanol–water partition coefficient (Wildman–Crippen LogP) is 8.05. The zero-order valence-corrected chi connectivity index (χ0v) is 18.5. The van der Waals surface area contributed by atoms with E-state index in [9.17, 15) is 8.78 Å². The van der Waals surface area contributed by atoms with Crippen LogP contribution in [-0.4, -0.2) is 13.2 Å². The molecule has 0 amide bonds. The molecule has 164 valence electrons. The van der Waals surface area contributed by atoms with E-state index in [0.717, 1.165) is 42.6 Å². The van der Waals surface area contributed by atoms with Gasteiger partial charge in [0.15, 0.2) is 11.6 Å². The third-order valence-electron chi connectivity index (χ3n) is 5.46. The van der Waals surface area contributed by atoms with E-state index in [1.54, 1.807) is 25.3 Å². The van der Waals surface area contributed by atoms with Crippen molar-refractivity contribution in [1.29, 1.82) is 0 Å². The maximum absolute atomic E-state index is 14.8. The fourth-order valence-electron chi connectivity index (χ4n) is 3.61. The smallest absolute Gasteiger partial charge is 0.201 e. The van der Waals surface area contributed by atoms with Crippen molar-refractivity contribution in [2.45, 2.75) is 52.1 Å². The van der Waals surface area contributed by atoms with Crippen molar-refractivity contribution >= 4 is 0 Å². The monoisotopic (exact) mass is 424 g/mol. The van der Waals surface area contributed by atoms with Crippen LogP contribution in [0.2, 0.25) is 0 Å². The lowest BCUT2D eigenvalue weighted by atomic mass is 9.99. The molecule has 3 aromatic carbocycles. The van der Waals surface area contributed by atoms with Gasteiger partial charge in [-0.15, -0.1) is 0 Å². The summed E-state index contributed by atoms with van der Waals surface area (Å²) in [5.41, 5.74) is 2.86. The van der Waals surface area contributed by atoms with E-state index >= 15 is 0 Å². The highest BCUT2D eigenvalue weighted by Crippen LogP contribution is 2.32. The van der Waals surface area contributed by atoms with Gasteiger partial charge in [-0.1, -0.05) is 62.6 Å². The first kappa shape index (κ1) is 22.8. The topological polar surface area (TPSA) is 18.5 Å².